The van der Waals surface area contributed by atoms with Crippen molar-refractivity contribution >= 4 is 34.8 Å². The third-order valence-corrected chi connectivity index (χ3v) is 6.41. The lowest BCUT2D eigenvalue weighted by atomic mass is 10.1. The summed E-state index contributed by atoms with van der Waals surface area (Å²) in [6.45, 7) is 8.17. The second-order valence-electron chi connectivity index (χ2n) is 7.67. The Labute approximate surface area is 199 Å². The maximum atomic E-state index is 12.6. The summed E-state index contributed by atoms with van der Waals surface area (Å²) in [6, 6.07) is 15.3. The van der Waals surface area contributed by atoms with Gasteiger partial charge in [0.15, 0.2) is 16.8 Å². The molecule has 0 saturated heterocycles. The summed E-state index contributed by atoms with van der Waals surface area (Å²) in [5, 5.41) is 12.1. The molecule has 1 heterocycles. The second-order valence-corrected chi connectivity index (χ2v) is 8.61. The Morgan fingerprint density at radius 3 is 2.24 bits per heavy atom. The Balaban J connectivity index is 1.61. The molecule has 0 aliphatic carbocycles. The lowest BCUT2D eigenvalue weighted by Crippen LogP contribution is -2.21. The first-order valence-electron chi connectivity index (χ1n) is 11.3. The van der Waals surface area contributed by atoms with E-state index >= 15 is 0 Å². The van der Waals surface area contributed by atoms with E-state index in [1.165, 1.54) is 17.4 Å². The maximum absolute atomic E-state index is 12.6. The Morgan fingerprint density at radius 2 is 1.64 bits per heavy atom. The van der Waals surface area contributed by atoms with Crippen LogP contribution in [0.15, 0.2) is 53.7 Å². The van der Waals surface area contributed by atoms with Gasteiger partial charge in [-0.25, -0.2) is 0 Å². The van der Waals surface area contributed by atoms with Crippen molar-refractivity contribution < 1.29 is 9.59 Å². The molecular weight excluding hydrogens is 434 g/mol. The third kappa shape index (κ3) is 6.22. The molecular formula is C25H31N5O2S. The molecule has 0 aliphatic rings. The average Bonchev–Trinajstić information content (AvgIpc) is 3.19. The predicted molar refractivity (Wildman–Crippen MR) is 135 cm³/mol. The van der Waals surface area contributed by atoms with Crippen LogP contribution in [-0.2, 0) is 11.8 Å². The molecule has 8 heteroatoms. The largest absolute Gasteiger partial charge is 0.372 e. The Kier molecular flexibility index (Phi) is 8.65. The molecule has 0 saturated carbocycles. The van der Waals surface area contributed by atoms with E-state index in [0.29, 0.717) is 22.8 Å². The highest BCUT2D eigenvalue weighted by molar-refractivity contribution is 7.99. The number of hydrogen-bond acceptors (Lipinski definition) is 6. The van der Waals surface area contributed by atoms with Crippen LogP contribution in [0.3, 0.4) is 0 Å². The number of nitrogens with zero attached hydrogens (tertiary/aromatic N) is 4. The van der Waals surface area contributed by atoms with Gasteiger partial charge in [0.2, 0.25) is 5.91 Å². The van der Waals surface area contributed by atoms with Gasteiger partial charge in [-0.2, -0.15) is 0 Å². The Bertz CT molecular complexity index is 1070. The van der Waals surface area contributed by atoms with Crippen molar-refractivity contribution in [3.63, 3.8) is 0 Å². The van der Waals surface area contributed by atoms with Crippen molar-refractivity contribution in [3.8, 4) is 11.4 Å². The third-order valence-electron chi connectivity index (χ3n) is 5.39. The molecule has 1 aromatic heterocycles. The number of carbonyl (C=O) groups is 2. The number of carbonyl (C=O) groups excluding carboxylic acids is 2. The molecule has 0 radical (unpaired) electrons. The van der Waals surface area contributed by atoms with Gasteiger partial charge >= 0.3 is 0 Å². The van der Waals surface area contributed by atoms with Crippen LogP contribution in [-0.4, -0.2) is 45.3 Å². The van der Waals surface area contributed by atoms with Crippen LogP contribution in [0.2, 0.25) is 0 Å². The summed E-state index contributed by atoms with van der Waals surface area (Å²) in [7, 11) is 1.91. The minimum Gasteiger partial charge on any atom is -0.372 e. The standard InChI is InChI=1S/C25H31N5O2S/c1-5-8-23(32)26-20-13-9-18(10-14-20)22(31)17-33-25-28-27-24(29(25)4)19-11-15-21(16-12-19)30(6-2)7-3/h9-16H,5-8,17H2,1-4H3,(H,26,32). The van der Waals surface area contributed by atoms with Gasteiger partial charge in [0.1, 0.15) is 0 Å². The average molecular weight is 466 g/mol. The van der Waals surface area contributed by atoms with Gasteiger partial charge in [0, 0.05) is 49.1 Å². The number of ketones is 1. The molecule has 0 atom stereocenters. The summed E-state index contributed by atoms with van der Waals surface area (Å²) in [6.07, 6.45) is 1.28. The Hall–Kier alpha value is -3.13. The molecule has 1 N–H and O–H groups in total. The first-order valence-corrected chi connectivity index (χ1v) is 12.3. The van der Waals surface area contributed by atoms with Gasteiger partial charge in [0.25, 0.3) is 0 Å². The molecule has 33 heavy (non-hydrogen) atoms. The number of rotatable bonds is 11. The fraction of sp³-hybridized carbons (Fsp3) is 0.360. The van der Waals surface area contributed by atoms with E-state index in [-0.39, 0.29) is 17.4 Å². The number of thioether (sulfide) groups is 1. The minimum atomic E-state index is -0.0205. The fourth-order valence-electron chi connectivity index (χ4n) is 3.51. The molecule has 1 amide bonds. The van der Waals surface area contributed by atoms with E-state index in [2.05, 4.69) is 58.5 Å². The van der Waals surface area contributed by atoms with Crippen molar-refractivity contribution in [2.45, 2.75) is 38.8 Å². The number of amides is 1. The van der Waals surface area contributed by atoms with Crippen LogP contribution in [0.25, 0.3) is 11.4 Å². The molecule has 174 valence electrons. The normalized spacial score (nSPS) is 10.8. The van der Waals surface area contributed by atoms with Gasteiger partial charge in [-0.15, -0.1) is 10.2 Å². The van der Waals surface area contributed by atoms with Crippen molar-refractivity contribution in [2.24, 2.45) is 7.05 Å². The van der Waals surface area contributed by atoms with Gasteiger partial charge in [0.05, 0.1) is 5.75 Å². The van der Waals surface area contributed by atoms with Crippen molar-refractivity contribution in [1.82, 2.24) is 14.8 Å². The number of Topliss-reactive ketones (excluding diaryl/α,β-unsaturated/α-hetero) is 1. The molecule has 3 rings (SSSR count). The number of nitrogens with one attached hydrogen (secondary N) is 1. The lowest BCUT2D eigenvalue weighted by Gasteiger charge is -2.21. The summed E-state index contributed by atoms with van der Waals surface area (Å²) >= 11 is 1.36. The number of aromatic nitrogens is 3. The zero-order valence-electron chi connectivity index (χ0n) is 19.7. The summed E-state index contributed by atoms with van der Waals surface area (Å²) < 4.78 is 1.91. The monoisotopic (exact) mass is 465 g/mol. The summed E-state index contributed by atoms with van der Waals surface area (Å²) in [4.78, 5) is 26.6. The summed E-state index contributed by atoms with van der Waals surface area (Å²) in [5.41, 5.74) is 3.47. The van der Waals surface area contributed by atoms with Crippen molar-refractivity contribution in [3.05, 3.63) is 54.1 Å². The highest BCUT2D eigenvalue weighted by atomic mass is 32.2. The molecule has 3 aromatic rings. The van der Waals surface area contributed by atoms with Gasteiger partial charge in [-0.05, 0) is 68.8 Å². The molecule has 0 bridgehead atoms. The quantitative estimate of drug-likeness (QED) is 0.316. The van der Waals surface area contributed by atoms with Gasteiger partial charge < -0.3 is 14.8 Å². The molecule has 2 aromatic carbocycles. The van der Waals surface area contributed by atoms with E-state index in [9.17, 15) is 9.59 Å². The highest BCUT2D eigenvalue weighted by Crippen LogP contribution is 2.25. The van der Waals surface area contributed by atoms with Crippen LogP contribution in [0, 0.1) is 0 Å². The topological polar surface area (TPSA) is 80.1 Å². The van der Waals surface area contributed by atoms with E-state index in [1.54, 1.807) is 24.3 Å². The molecule has 7 nitrogen and oxygen atoms in total. The fourth-order valence-corrected chi connectivity index (χ4v) is 4.31. The SMILES string of the molecule is CCCC(=O)Nc1ccc(C(=O)CSc2nnc(-c3ccc(N(CC)CC)cc3)n2C)cc1. The molecule has 0 fully saturated rings. The van der Waals surface area contributed by atoms with Crippen molar-refractivity contribution in [2.75, 3.05) is 29.1 Å². The van der Waals surface area contributed by atoms with Gasteiger partial charge in [-0.1, -0.05) is 18.7 Å². The van der Waals surface area contributed by atoms with E-state index in [4.69, 9.17) is 0 Å². The lowest BCUT2D eigenvalue weighted by molar-refractivity contribution is -0.116. The first-order chi connectivity index (χ1) is 16.0. The molecule has 0 unspecified atom stereocenters. The molecule has 0 aliphatic heterocycles. The number of anilines is 2. The zero-order valence-corrected chi connectivity index (χ0v) is 20.5. The van der Waals surface area contributed by atoms with Crippen LogP contribution in [0.5, 0.6) is 0 Å². The van der Waals surface area contributed by atoms with Crippen LogP contribution >= 0.6 is 11.8 Å². The van der Waals surface area contributed by atoms with Gasteiger partial charge in [-0.3, -0.25) is 9.59 Å². The Morgan fingerprint density at radius 1 is 0.970 bits per heavy atom. The van der Waals surface area contributed by atoms with Crippen LogP contribution in [0.1, 0.15) is 44.0 Å². The predicted octanol–water partition coefficient (Wildman–Crippen LogP) is 5.04. The second kappa shape index (κ2) is 11.7. The number of benzene rings is 2. The van der Waals surface area contributed by atoms with Crippen LogP contribution < -0.4 is 10.2 Å². The van der Waals surface area contributed by atoms with Crippen LogP contribution in [0.4, 0.5) is 11.4 Å². The first kappa shape index (κ1) is 24.5. The van der Waals surface area contributed by atoms with E-state index < -0.39 is 0 Å². The molecule has 0 spiro atoms. The summed E-state index contributed by atoms with van der Waals surface area (Å²) in [5.74, 6) is 1.00. The van der Waals surface area contributed by atoms with E-state index in [0.717, 1.165) is 30.9 Å². The zero-order chi connectivity index (χ0) is 23.8. The smallest absolute Gasteiger partial charge is 0.224 e. The number of hydrogen-bond donors (Lipinski definition) is 1. The van der Waals surface area contributed by atoms with Crippen molar-refractivity contribution in [1.29, 1.82) is 0 Å². The maximum Gasteiger partial charge on any atom is 0.224 e. The highest BCUT2D eigenvalue weighted by Gasteiger charge is 2.14. The van der Waals surface area contributed by atoms with E-state index in [1.807, 2.05) is 18.5 Å². The minimum absolute atomic E-state index is 0.000407.